The van der Waals surface area contributed by atoms with Crippen molar-refractivity contribution in [3.8, 4) is 45.8 Å². The molecule has 10 atom stereocenters. The number of ether oxygens (including phenoxy) is 6. The zero-order valence-corrected chi connectivity index (χ0v) is 24.7. The molecule has 5 rings (SSSR count). The van der Waals surface area contributed by atoms with E-state index in [1.54, 1.807) is 0 Å². The highest BCUT2D eigenvalue weighted by molar-refractivity contribution is 5.91. The number of aromatic hydroxyl groups is 2. The Morgan fingerprint density at radius 1 is 0.702 bits per heavy atom. The Labute approximate surface area is 264 Å². The Morgan fingerprint density at radius 2 is 1.28 bits per heavy atom. The van der Waals surface area contributed by atoms with Crippen molar-refractivity contribution in [1.29, 1.82) is 0 Å². The summed E-state index contributed by atoms with van der Waals surface area (Å²) in [7, 11) is 2.33. The van der Waals surface area contributed by atoms with E-state index in [4.69, 9.17) is 32.8 Å². The number of hydrogen-bond acceptors (Lipinski definition) is 18. The van der Waals surface area contributed by atoms with Crippen LogP contribution in [0.25, 0.3) is 22.3 Å². The van der Waals surface area contributed by atoms with Gasteiger partial charge in [-0.2, -0.15) is 0 Å². The summed E-state index contributed by atoms with van der Waals surface area (Å²) in [4.78, 5) is 13.6. The van der Waals surface area contributed by atoms with Gasteiger partial charge in [-0.25, -0.2) is 0 Å². The molecular formula is C29H34O18. The molecule has 10 N–H and O–H groups in total. The number of aliphatic hydroxyl groups excluding tert-OH is 8. The monoisotopic (exact) mass is 670 g/mol. The number of benzene rings is 2. The van der Waals surface area contributed by atoms with Crippen LogP contribution in [0.1, 0.15) is 0 Å². The molecule has 0 amide bonds. The van der Waals surface area contributed by atoms with Gasteiger partial charge in [-0.15, -0.1) is 0 Å². The van der Waals surface area contributed by atoms with Crippen LogP contribution in [0.4, 0.5) is 0 Å². The summed E-state index contributed by atoms with van der Waals surface area (Å²) in [6, 6.07) is 4.82. The van der Waals surface area contributed by atoms with E-state index < -0.39 is 108 Å². The average Bonchev–Trinajstić information content (AvgIpc) is 3.06. The van der Waals surface area contributed by atoms with Gasteiger partial charge in [0.1, 0.15) is 59.8 Å². The molecule has 18 nitrogen and oxygen atoms in total. The summed E-state index contributed by atoms with van der Waals surface area (Å²) in [6.45, 7) is -1.44. The van der Waals surface area contributed by atoms with Crippen molar-refractivity contribution in [2.75, 3.05) is 27.4 Å². The molecule has 0 radical (unpaired) electrons. The van der Waals surface area contributed by atoms with E-state index in [9.17, 15) is 55.9 Å². The van der Waals surface area contributed by atoms with Crippen LogP contribution in [0, 0.1) is 0 Å². The van der Waals surface area contributed by atoms with Crippen molar-refractivity contribution >= 4 is 11.0 Å². The Kier molecular flexibility index (Phi) is 9.99. The molecule has 2 aromatic carbocycles. The van der Waals surface area contributed by atoms with Gasteiger partial charge in [-0.1, -0.05) is 0 Å². The van der Waals surface area contributed by atoms with E-state index in [2.05, 4.69) is 0 Å². The summed E-state index contributed by atoms with van der Waals surface area (Å²) in [5.74, 6) is -3.03. The smallest absolute Gasteiger partial charge is 0.239 e. The van der Waals surface area contributed by atoms with Gasteiger partial charge < -0.3 is 83.9 Å². The number of fused-ring (bicyclic) bond motifs is 1. The lowest BCUT2D eigenvalue weighted by Crippen LogP contribution is -2.60. The van der Waals surface area contributed by atoms with Crippen molar-refractivity contribution in [3.63, 3.8) is 0 Å². The van der Waals surface area contributed by atoms with Crippen LogP contribution in [-0.4, -0.2) is 140 Å². The number of phenolic OH excluding ortho intramolecular Hbond substituents is 2. The quantitative estimate of drug-likeness (QED) is 0.110. The highest BCUT2D eigenvalue weighted by atomic mass is 16.7. The lowest BCUT2D eigenvalue weighted by atomic mass is 9.99. The molecule has 0 saturated carbocycles. The zero-order valence-electron chi connectivity index (χ0n) is 24.7. The molecule has 258 valence electrons. The van der Waals surface area contributed by atoms with Crippen molar-refractivity contribution in [2.45, 2.75) is 61.4 Å². The van der Waals surface area contributed by atoms with Crippen LogP contribution in [0.3, 0.4) is 0 Å². The molecule has 3 aromatic rings. The topological polar surface area (TPSA) is 288 Å². The molecular weight excluding hydrogens is 636 g/mol. The predicted molar refractivity (Wildman–Crippen MR) is 153 cm³/mol. The Balaban J connectivity index is 1.50. The van der Waals surface area contributed by atoms with Gasteiger partial charge >= 0.3 is 0 Å². The van der Waals surface area contributed by atoms with Crippen LogP contribution >= 0.6 is 0 Å². The number of rotatable bonds is 9. The Hall–Kier alpha value is -3.95. The van der Waals surface area contributed by atoms with E-state index in [0.717, 1.165) is 19.2 Å². The first kappa shape index (κ1) is 34.4. The molecule has 0 bridgehead atoms. The molecule has 1 aromatic heterocycles. The highest BCUT2D eigenvalue weighted by Crippen LogP contribution is 2.46. The zero-order chi connectivity index (χ0) is 34.3. The highest BCUT2D eigenvalue weighted by Gasteiger charge is 2.46. The molecule has 2 saturated heterocycles. The average molecular weight is 671 g/mol. The molecule has 47 heavy (non-hydrogen) atoms. The molecule has 2 fully saturated rings. The lowest BCUT2D eigenvalue weighted by molar-refractivity contribution is -0.277. The van der Waals surface area contributed by atoms with Crippen LogP contribution in [0.5, 0.6) is 34.5 Å². The van der Waals surface area contributed by atoms with Gasteiger partial charge in [0, 0.05) is 11.6 Å². The minimum Gasteiger partial charge on any atom is -0.504 e. The van der Waals surface area contributed by atoms with E-state index in [-0.39, 0.29) is 28.4 Å². The van der Waals surface area contributed by atoms with Crippen LogP contribution in [0.15, 0.2) is 33.5 Å². The summed E-state index contributed by atoms with van der Waals surface area (Å²) >= 11 is 0. The molecule has 18 heteroatoms. The van der Waals surface area contributed by atoms with Gasteiger partial charge in [-0.05, 0) is 18.2 Å². The van der Waals surface area contributed by atoms with Crippen molar-refractivity contribution in [3.05, 3.63) is 34.5 Å². The van der Waals surface area contributed by atoms with E-state index in [0.29, 0.717) is 0 Å². The van der Waals surface area contributed by atoms with Crippen molar-refractivity contribution < 1.29 is 83.9 Å². The molecule has 0 aliphatic carbocycles. The first-order chi connectivity index (χ1) is 22.4. The molecule has 2 aliphatic heterocycles. The number of phenols is 2. The predicted octanol–water partition coefficient (Wildman–Crippen LogP) is -2.75. The van der Waals surface area contributed by atoms with E-state index >= 15 is 0 Å². The maximum Gasteiger partial charge on any atom is 0.239 e. The van der Waals surface area contributed by atoms with Gasteiger partial charge in [0.15, 0.2) is 28.8 Å². The van der Waals surface area contributed by atoms with E-state index in [1.165, 1.54) is 19.2 Å². The molecule has 10 unspecified atom stereocenters. The van der Waals surface area contributed by atoms with Gasteiger partial charge in [0.05, 0.1) is 27.4 Å². The van der Waals surface area contributed by atoms with Crippen LogP contribution < -0.4 is 24.4 Å². The van der Waals surface area contributed by atoms with Gasteiger partial charge in [-0.3, -0.25) is 4.79 Å². The van der Waals surface area contributed by atoms with E-state index in [1.807, 2.05) is 0 Å². The third-order valence-electron chi connectivity index (χ3n) is 7.85. The molecule has 0 spiro atoms. The number of methoxy groups -OCH3 is 2. The third-order valence-corrected chi connectivity index (χ3v) is 7.85. The molecule has 3 heterocycles. The second-order valence-electron chi connectivity index (χ2n) is 10.7. The second-order valence-corrected chi connectivity index (χ2v) is 10.7. The standard InChI is InChI=1S/C29H34O18/c1-41-13-6-12-16(19(35)26(13)47-29-24(40)22(38)18(34)15(8-31)46-29)20(36)27(42-2)25(43-12)9-3-4-11(10(32)5-9)44-28-23(39)21(37)17(33)14(7-30)45-28/h3-6,14-15,17-18,21-24,28-35,37-40H,7-8H2,1-2H3. The minimum atomic E-state index is -1.85. The summed E-state index contributed by atoms with van der Waals surface area (Å²) < 4.78 is 38.2. The first-order valence-corrected chi connectivity index (χ1v) is 14.1. The fourth-order valence-electron chi connectivity index (χ4n) is 5.25. The van der Waals surface area contributed by atoms with Gasteiger partial charge in [0.2, 0.25) is 29.5 Å². The van der Waals surface area contributed by atoms with Crippen molar-refractivity contribution in [1.82, 2.24) is 0 Å². The lowest BCUT2D eigenvalue weighted by Gasteiger charge is -2.39. The largest absolute Gasteiger partial charge is 0.504 e. The van der Waals surface area contributed by atoms with Crippen LogP contribution in [0.2, 0.25) is 0 Å². The fourth-order valence-corrected chi connectivity index (χ4v) is 5.25. The summed E-state index contributed by atoms with van der Waals surface area (Å²) in [6.07, 6.45) is -16.3. The summed E-state index contributed by atoms with van der Waals surface area (Å²) in [5.41, 5.74) is -1.09. The second kappa shape index (κ2) is 13.6. The minimum absolute atomic E-state index is 0.0691. The fraction of sp³-hybridized carbons (Fsp3) is 0.483. The Morgan fingerprint density at radius 3 is 1.79 bits per heavy atom. The first-order valence-electron chi connectivity index (χ1n) is 14.1. The van der Waals surface area contributed by atoms with Gasteiger partial charge in [0.25, 0.3) is 0 Å². The maximum atomic E-state index is 13.6. The third kappa shape index (κ3) is 6.11. The maximum absolute atomic E-state index is 13.6. The normalized spacial score (nSPS) is 31.0. The SMILES string of the molecule is COc1cc2oc(-c3ccc(OC4OC(CO)C(O)C(O)C4O)c(O)c3)c(OC)c(=O)c2c(O)c1OC1OC(CO)C(O)C(O)C1O. The number of hydrogen-bond donors (Lipinski definition) is 10. The number of aliphatic hydroxyl groups is 8. The van der Waals surface area contributed by atoms with Crippen LogP contribution in [-0.2, 0) is 9.47 Å². The summed E-state index contributed by atoms with van der Waals surface area (Å²) in [5, 5.41) is 101. The Bertz CT molecular complexity index is 1640. The van der Waals surface area contributed by atoms with Crippen molar-refractivity contribution in [2.24, 2.45) is 0 Å². The molecule has 2 aliphatic rings.